The number of rotatable bonds is 1. The maximum atomic E-state index is 11.6. The topological polar surface area (TPSA) is 48.6 Å². The van der Waals surface area contributed by atoms with E-state index in [1.807, 2.05) is 23.6 Å². The van der Waals surface area contributed by atoms with E-state index in [1.165, 1.54) is 5.57 Å². The zero-order valence-electron chi connectivity index (χ0n) is 8.04. The molecule has 2 aromatic heterocycles. The van der Waals surface area contributed by atoms with E-state index in [0.717, 1.165) is 28.3 Å². The predicted molar refractivity (Wildman–Crippen MR) is 61.2 cm³/mol. The van der Waals surface area contributed by atoms with Crippen LogP contribution in [0.15, 0.2) is 22.3 Å². The minimum absolute atomic E-state index is 0.0298. The van der Waals surface area contributed by atoms with Crippen LogP contribution < -0.4 is 16.1 Å². The number of hydrogen-bond donors (Lipinski definition) is 2. The van der Waals surface area contributed by atoms with Crippen LogP contribution in [-0.2, 0) is 0 Å². The van der Waals surface area contributed by atoms with Crippen molar-refractivity contribution in [3.05, 3.63) is 43.3 Å². The zero-order valence-corrected chi connectivity index (χ0v) is 8.86. The van der Waals surface area contributed by atoms with Gasteiger partial charge in [0.25, 0.3) is 5.56 Å². The lowest BCUT2D eigenvalue weighted by Gasteiger charge is -1.79. The van der Waals surface area contributed by atoms with Gasteiger partial charge >= 0.3 is 0 Å². The first-order valence-electron chi connectivity index (χ1n) is 4.88. The Bertz CT molecular complexity index is 640. The van der Waals surface area contributed by atoms with E-state index in [2.05, 4.69) is 10.2 Å². The Morgan fingerprint density at radius 2 is 2.20 bits per heavy atom. The van der Waals surface area contributed by atoms with Gasteiger partial charge < -0.3 is 0 Å². The second kappa shape index (κ2) is 3.24. The molecule has 0 bridgehead atoms. The number of hydrogen-bond acceptors (Lipinski definition) is 2. The summed E-state index contributed by atoms with van der Waals surface area (Å²) in [6.07, 6.45) is 4.17. The molecule has 1 aliphatic rings. The fourth-order valence-corrected chi connectivity index (χ4v) is 2.27. The zero-order chi connectivity index (χ0) is 10.3. The molecular weight excluding hydrogens is 208 g/mol. The third-order valence-electron chi connectivity index (χ3n) is 2.50. The van der Waals surface area contributed by atoms with E-state index in [9.17, 15) is 4.79 Å². The summed E-state index contributed by atoms with van der Waals surface area (Å²) in [4.78, 5) is 12.7. The molecule has 0 aromatic carbocycles. The molecule has 2 N–H and O–H groups in total. The van der Waals surface area contributed by atoms with Gasteiger partial charge in [-0.3, -0.25) is 15.0 Å². The van der Waals surface area contributed by atoms with Gasteiger partial charge in [-0.2, -0.15) is 0 Å². The van der Waals surface area contributed by atoms with Crippen molar-refractivity contribution >= 4 is 23.0 Å². The van der Waals surface area contributed by atoms with Crippen molar-refractivity contribution in [2.45, 2.75) is 12.8 Å². The Morgan fingerprint density at radius 1 is 1.33 bits per heavy atom. The Labute approximate surface area is 89.8 Å². The van der Waals surface area contributed by atoms with Crippen LogP contribution in [0.1, 0.15) is 17.7 Å². The highest BCUT2D eigenvalue weighted by molar-refractivity contribution is 7.10. The third-order valence-corrected chi connectivity index (χ3v) is 3.32. The van der Waals surface area contributed by atoms with E-state index in [1.54, 1.807) is 11.3 Å². The minimum Gasteiger partial charge on any atom is -0.298 e. The van der Waals surface area contributed by atoms with Crippen molar-refractivity contribution in [3.8, 4) is 0 Å². The molecule has 15 heavy (non-hydrogen) atoms. The molecule has 0 amide bonds. The number of aromatic nitrogens is 2. The lowest BCUT2D eigenvalue weighted by molar-refractivity contribution is 1.03. The summed E-state index contributed by atoms with van der Waals surface area (Å²) < 4.78 is 0. The number of nitrogens with one attached hydrogen (secondary N) is 2. The van der Waals surface area contributed by atoms with Crippen LogP contribution in [0.5, 0.6) is 0 Å². The fraction of sp³-hybridized carbons (Fsp3) is 0.182. The molecule has 2 heterocycles. The normalized spacial score (nSPS) is 16.0. The predicted octanol–water partition coefficient (Wildman–Crippen LogP) is 0.538. The first kappa shape index (κ1) is 8.73. The molecule has 1 saturated carbocycles. The Balaban J connectivity index is 2.33. The SMILES string of the molecule is O=c1[nH][nH]c(=C2CC2)c1=Cc1cccs1. The van der Waals surface area contributed by atoms with Gasteiger partial charge in [0.05, 0.1) is 10.6 Å². The van der Waals surface area contributed by atoms with Crippen LogP contribution in [-0.4, -0.2) is 10.2 Å². The summed E-state index contributed by atoms with van der Waals surface area (Å²) in [5, 5.41) is 9.36. The van der Waals surface area contributed by atoms with Crippen LogP contribution in [0.25, 0.3) is 11.6 Å². The Kier molecular flexibility index (Phi) is 1.89. The summed E-state index contributed by atoms with van der Waals surface area (Å²) in [5.41, 5.74) is 1.31. The van der Waals surface area contributed by atoms with Crippen LogP contribution in [0.3, 0.4) is 0 Å². The summed E-state index contributed by atoms with van der Waals surface area (Å²) in [6.45, 7) is 0. The second-order valence-electron chi connectivity index (χ2n) is 3.63. The van der Waals surface area contributed by atoms with E-state index in [0.29, 0.717) is 0 Å². The van der Waals surface area contributed by atoms with E-state index >= 15 is 0 Å². The molecule has 4 heteroatoms. The van der Waals surface area contributed by atoms with Crippen molar-refractivity contribution in [1.82, 2.24) is 10.2 Å². The van der Waals surface area contributed by atoms with Crippen molar-refractivity contribution in [2.24, 2.45) is 0 Å². The van der Waals surface area contributed by atoms with Crippen LogP contribution >= 0.6 is 11.3 Å². The largest absolute Gasteiger partial charge is 0.298 e. The van der Waals surface area contributed by atoms with Gasteiger partial charge in [-0.1, -0.05) is 6.07 Å². The van der Waals surface area contributed by atoms with E-state index < -0.39 is 0 Å². The standard InChI is InChI=1S/C11H10N2OS/c14-11-9(6-8-2-1-5-15-8)10(12-13-11)7-3-4-7/h1-2,5-6,12H,3-4H2,(H,13,14). The van der Waals surface area contributed by atoms with Gasteiger partial charge in [-0.15, -0.1) is 11.3 Å². The average Bonchev–Trinajstić information content (AvgIpc) is 2.82. The number of H-pyrrole nitrogens is 2. The van der Waals surface area contributed by atoms with Gasteiger partial charge in [-0.25, -0.2) is 0 Å². The Hall–Kier alpha value is -1.55. The van der Waals surface area contributed by atoms with Crippen LogP contribution in [0.4, 0.5) is 0 Å². The highest BCUT2D eigenvalue weighted by Gasteiger charge is 2.14. The van der Waals surface area contributed by atoms with Gasteiger partial charge in [-0.05, 0) is 35.9 Å². The third kappa shape index (κ3) is 1.57. The van der Waals surface area contributed by atoms with Crippen molar-refractivity contribution < 1.29 is 0 Å². The molecule has 3 rings (SSSR count). The summed E-state index contributed by atoms with van der Waals surface area (Å²) in [7, 11) is 0. The second-order valence-corrected chi connectivity index (χ2v) is 4.61. The van der Waals surface area contributed by atoms with Gasteiger partial charge in [0.1, 0.15) is 0 Å². The molecular formula is C11H10N2OS. The molecule has 76 valence electrons. The van der Waals surface area contributed by atoms with Crippen molar-refractivity contribution in [2.75, 3.05) is 0 Å². The summed E-state index contributed by atoms with van der Waals surface area (Å²) in [6, 6.07) is 4.00. The maximum absolute atomic E-state index is 11.6. The molecule has 0 saturated heterocycles. The van der Waals surface area contributed by atoms with Crippen LogP contribution in [0.2, 0.25) is 0 Å². The van der Waals surface area contributed by atoms with E-state index in [-0.39, 0.29) is 5.56 Å². The quantitative estimate of drug-likeness (QED) is 0.721. The summed E-state index contributed by atoms with van der Waals surface area (Å²) in [5.74, 6) is 0. The first-order chi connectivity index (χ1) is 7.34. The first-order valence-corrected chi connectivity index (χ1v) is 5.76. The number of aromatic amines is 2. The average molecular weight is 218 g/mol. The summed E-state index contributed by atoms with van der Waals surface area (Å²) >= 11 is 1.64. The molecule has 0 radical (unpaired) electrons. The molecule has 0 atom stereocenters. The van der Waals surface area contributed by atoms with Gasteiger partial charge in [0.15, 0.2) is 0 Å². The molecule has 0 unspecified atom stereocenters. The smallest absolute Gasteiger partial charge is 0.271 e. The highest BCUT2D eigenvalue weighted by atomic mass is 32.1. The maximum Gasteiger partial charge on any atom is 0.271 e. The van der Waals surface area contributed by atoms with Crippen molar-refractivity contribution in [3.63, 3.8) is 0 Å². The lowest BCUT2D eigenvalue weighted by Crippen LogP contribution is -2.33. The monoisotopic (exact) mass is 218 g/mol. The fourth-order valence-electron chi connectivity index (χ4n) is 1.61. The molecule has 2 aromatic rings. The molecule has 3 nitrogen and oxygen atoms in total. The minimum atomic E-state index is -0.0298. The lowest BCUT2D eigenvalue weighted by atomic mass is 10.3. The number of thiophene rings is 1. The molecule has 1 fully saturated rings. The molecule has 1 aliphatic carbocycles. The van der Waals surface area contributed by atoms with E-state index in [4.69, 9.17) is 0 Å². The highest BCUT2D eigenvalue weighted by Crippen LogP contribution is 2.26. The van der Waals surface area contributed by atoms with Crippen LogP contribution in [0, 0.1) is 0 Å². The molecule has 0 spiro atoms. The Morgan fingerprint density at radius 3 is 2.87 bits per heavy atom. The van der Waals surface area contributed by atoms with Crippen molar-refractivity contribution in [1.29, 1.82) is 0 Å². The molecule has 0 aliphatic heterocycles. The van der Waals surface area contributed by atoms with Gasteiger partial charge in [0.2, 0.25) is 0 Å². The van der Waals surface area contributed by atoms with Gasteiger partial charge in [0, 0.05) is 4.88 Å².